The summed E-state index contributed by atoms with van der Waals surface area (Å²) in [7, 11) is 0. The number of nitrogens with one attached hydrogen (secondary N) is 1. The first-order chi connectivity index (χ1) is 9.83. The van der Waals surface area contributed by atoms with Gasteiger partial charge in [-0.25, -0.2) is 0 Å². The largest absolute Gasteiger partial charge is 0.393 e. The predicted molar refractivity (Wildman–Crippen MR) is 81.4 cm³/mol. The second-order valence-electron chi connectivity index (χ2n) is 5.77. The number of para-hydroxylation sites is 2. The van der Waals surface area contributed by atoms with Crippen molar-refractivity contribution in [3.05, 3.63) is 24.3 Å². The van der Waals surface area contributed by atoms with E-state index in [1.807, 2.05) is 0 Å². The lowest BCUT2D eigenvalue weighted by Crippen LogP contribution is -2.37. The van der Waals surface area contributed by atoms with Crippen LogP contribution in [0.2, 0.25) is 0 Å². The predicted octanol–water partition coefficient (Wildman–Crippen LogP) is 2.24. The molecule has 1 saturated carbocycles. The zero-order chi connectivity index (χ0) is 13.8. The maximum absolute atomic E-state index is 9.60. The number of morpholine rings is 1. The van der Waals surface area contributed by atoms with Gasteiger partial charge < -0.3 is 20.1 Å². The van der Waals surface area contributed by atoms with E-state index in [0.29, 0.717) is 6.04 Å². The molecule has 1 aromatic rings. The molecule has 0 unspecified atom stereocenters. The number of hydrogen-bond acceptors (Lipinski definition) is 4. The molecule has 110 valence electrons. The minimum atomic E-state index is -0.0949. The van der Waals surface area contributed by atoms with Gasteiger partial charge >= 0.3 is 0 Å². The van der Waals surface area contributed by atoms with E-state index in [2.05, 4.69) is 34.5 Å². The molecule has 1 aliphatic carbocycles. The molecular formula is C16H24N2O2. The standard InChI is InChI=1S/C16H24N2O2/c19-14-7-5-13(6-8-14)17-15-3-1-2-4-16(15)18-9-11-20-12-10-18/h1-4,13-14,17,19H,5-12H2. The highest BCUT2D eigenvalue weighted by molar-refractivity contribution is 5.70. The van der Waals surface area contributed by atoms with Gasteiger partial charge in [-0.1, -0.05) is 12.1 Å². The highest BCUT2D eigenvalue weighted by Crippen LogP contribution is 2.29. The lowest BCUT2D eigenvalue weighted by atomic mass is 9.93. The average Bonchev–Trinajstić information content (AvgIpc) is 2.51. The second-order valence-corrected chi connectivity index (χ2v) is 5.77. The van der Waals surface area contributed by atoms with Gasteiger partial charge in [0.1, 0.15) is 0 Å². The molecule has 3 rings (SSSR count). The van der Waals surface area contributed by atoms with Crippen molar-refractivity contribution in [1.29, 1.82) is 0 Å². The van der Waals surface area contributed by atoms with Crippen LogP contribution in [0.5, 0.6) is 0 Å². The Morgan fingerprint density at radius 3 is 2.50 bits per heavy atom. The normalized spacial score (nSPS) is 27.4. The first-order valence-electron chi connectivity index (χ1n) is 7.69. The lowest BCUT2D eigenvalue weighted by Gasteiger charge is -2.33. The Labute approximate surface area is 120 Å². The fraction of sp³-hybridized carbons (Fsp3) is 0.625. The van der Waals surface area contributed by atoms with E-state index in [-0.39, 0.29) is 6.10 Å². The third-order valence-electron chi connectivity index (χ3n) is 4.31. The Balaban J connectivity index is 1.69. The van der Waals surface area contributed by atoms with Crippen molar-refractivity contribution in [3.8, 4) is 0 Å². The molecule has 0 aromatic heterocycles. The van der Waals surface area contributed by atoms with Crippen molar-refractivity contribution in [1.82, 2.24) is 0 Å². The van der Waals surface area contributed by atoms with Gasteiger partial charge in [0.15, 0.2) is 0 Å². The quantitative estimate of drug-likeness (QED) is 0.888. The van der Waals surface area contributed by atoms with Crippen LogP contribution in [0.1, 0.15) is 25.7 Å². The second kappa shape index (κ2) is 6.46. The number of aliphatic hydroxyl groups excluding tert-OH is 1. The monoisotopic (exact) mass is 276 g/mol. The molecule has 4 heteroatoms. The molecule has 1 heterocycles. The molecule has 0 amide bonds. The third kappa shape index (κ3) is 3.25. The van der Waals surface area contributed by atoms with Crippen molar-refractivity contribution in [3.63, 3.8) is 0 Å². The Morgan fingerprint density at radius 2 is 1.75 bits per heavy atom. The maximum atomic E-state index is 9.60. The minimum Gasteiger partial charge on any atom is -0.393 e. The number of ether oxygens (including phenoxy) is 1. The van der Waals surface area contributed by atoms with E-state index in [1.165, 1.54) is 11.4 Å². The summed E-state index contributed by atoms with van der Waals surface area (Å²) in [5.74, 6) is 0. The van der Waals surface area contributed by atoms with Crippen LogP contribution in [0.25, 0.3) is 0 Å². The van der Waals surface area contributed by atoms with Crippen molar-refractivity contribution < 1.29 is 9.84 Å². The molecule has 2 aliphatic rings. The van der Waals surface area contributed by atoms with Crippen LogP contribution in [0.15, 0.2) is 24.3 Å². The van der Waals surface area contributed by atoms with E-state index in [4.69, 9.17) is 4.74 Å². The average molecular weight is 276 g/mol. The Kier molecular flexibility index (Phi) is 4.43. The van der Waals surface area contributed by atoms with Crippen LogP contribution in [-0.4, -0.2) is 43.6 Å². The smallest absolute Gasteiger partial charge is 0.0642 e. The molecule has 20 heavy (non-hydrogen) atoms. The van der Waals surface area contributed by atoms with Gasteiger partial charge in [0, 0.05) is 19.1 Å². The molecule has 4 nitrogen and oxygen atoms in total. The van der Waals surface area contributed by atoms with Crippen LogP contribution in [0, 0.1) is 0 Å². The number of aliphatic hydroxyl groups is 1. The number of anilines is 2. The molecule has 0 radical (unpaired) electrons. The van der Waals surface area contributed by atoms with Crippen LogP contribution in [-0.2, 0) is 4.74 Å². The summed E-state index contributed by atoms with van der Waals surface area (Å²) in [6.07, 6.45) is 3.84. The lowest BCUT2D eigenvalue weighted by molar-refractivity contribution is 0.122. The van der Waals surface area contributed by atoms with Gasteiger partial charge in [0.05, 0.1) is 30.7 Å². The van der Waals surface area contributed by atoms with E-state index in [1.54, 1.807) is 0 Å². The van der Waals surface area contributed by atoms with Crippen molar-refractivity contribution in [2.45, 2.75) is 37.8 Å². The van der Waals surface area contributed by atoms with Crippen molar-refractivity contribution in [2.75, 3.05) is 36.5 Å². The van der Waals surface area contributed by atoms with Crippen LogP contribution in [0.4, 0.5) is 11.4 Å². The zero-order valence-corrected chi connectivity index (χ0v) is 11.9. The first-order valence-corrected chi connectivity index (χ1v) is 7.69. The van der Waals surface area contributed by atoms with Gasteiger partial charge in [-0.15, -0.1) is 0 Å². The summed E-state index contributed by atoms with van der Waals surface area (Å²) >= 11 is 0. The van der Waals surface area contributed by atoms with Gasteiger partial charge in [0.25, 0.3) is 0 Å². The SMILES string of the molecule is OC1CCC(Nc2ccccc2N2CCOCC2)CC1. The van der Waals surface area contributed by atoms with E-state index < -0.39 is 0 Å². The maximum Gasteiger partial charge on any atom is 0.0642 e. The molecule has 0 spiro atoms. The van der Waals surface area contributed by atoms with Crippen molar-refractivity contribution >= 4 is 11.4 Å². The fourth-order valence-corrected chi connectivity index (χ4v) is 3.12. The van der Waals surface area contributed by atoms with Gasteiger partial charge in [0.2, 0.25) is 0 Å². The molecule has 1 aromatic carbocycles. The number of benzene rings is 1. The third-order valence-corrected chi connectivity index (χ3v) is 4.31. The summed E-state index contributed by atoms with van der Waals surface area (Å²) in [6, 6.07) is 9.02. The number of hydrogen-bond donors (Lipinski definition) is 2. The molecular weight excluding hydrogens is 252 g/mol. The summed E-state index contributed by atoms with van der Waals surface area (Å²) in [5.41, 5.74) is 2.50. The number of nitrogens with zero attached hydrogens (tertiary/aromatic N) is 1. The topological polar surface area (TPSA) is 44.7 Å². The molecule has 0 atom stereocenters. The Morgan fingerprint density at radius 1 is 1.05 bits per heavy atom. The summed E-state index contributed by atoms with van der Waals surface area (Å²) in [6.45, 7) is 3.54. The molecule has 0 bridgehead atoms. The van der Waals surface area contributed by atoms with E-state index in [9.17, 15) is 5.11 Å². The summed E-state index contributed by atoms with van der Waals surface area (Å²) in [4.78, 5) is 2.39. The van der Waals surface area contributed by atoms with Crippen LogP contribution < -0.4 is 10.2 Å². The summed E-state index contributed by atoms with van der Waals surface area (Å²) < 4.78 is 5.43. The minimum absolute atomic E-state index is 0.0949. The summed E-state index contributed by atoms with van der Waals surface area (Å²) in [5, 5.41) is 13.3. The molecule has 2 fully saturated rings. The fourth-order valence-electron chi connectivity index (χ4n) is 3.12. The number of rotatable bonds is 3. The zero-order valence-electron chi connectivity index (χ0n) is 11.9. The highest BCUT2D eigenvalue weighted by atomic mass is 16.5. The molecule has 1 aliphatic heterocycles. The van der Waals surface area contributed by atoms with Gasteiger partial charge in [-0.2, -0.15) is 0 Å². The van der Waals surface area contributed by atoms with E-state index in [0.717, 1.165) is 52.0 Å². The van der Waals surface area contributed by atoms with Crippen molar-refractivity contribution in [2.24, 2.45) is 0 Å². The molecule has 2 N–H and O–H groups in total. The van der Waals surface area contributed by atoms with Crippen LogP contribution >= 0.6 is 0 Å². The highest BCUT2D eigenvalue weighted by Gasteiger charge is 2.21. The Bertz CT molecular complexity index is 424. The molecule has 1 saturated heterocycles. The van der Waals surface area contributed by atoms with Gasteiger partial charge in [-0.05, 0) is 37.8 Å². The first kappa shape index (κ1) is 13.7. The van der Waals surface area contributed by atoms with E-state index >= 15 is 0 Å². The van der Waals surface area contributed by atoms with Crippen LogP contribution in [0.3, 0.4) is 0 Å². The van der Waals surface area contributed by atoms with Gasteiger partial charge in [-0.3, -0.25) is 0 Å². The Hall–Kier alpha value is -1.26.